The average molecular weight is 154 g/mol. The SMILES string of the molecule is [2H]C([2H])([2H])S(=O)C[C@H](N)C(=O)O. The van der Waals surface area contributed by atoms with Crippen LogP contribution in [0, 0.1) is 0 Å². The van der Waals surface area contributed by atoms with Gasteiger partial charge in [0.2, 0.25) is 0 Å². The Labute approximate surface area is 59.7 Å². The molecule has 0 saturated heterocycles. The van der Waals surface area contributed by atoms with E-state index >= 15 is 0 Å². The van der Waals surface area contributed by atoms with Crippen LogP contribution in [0.5, 0.6) is 0 Å². The Morgan fingerprint density at radius 1 is 2.11 bits per heavy atom. The number of nitrogens with two attached hydrogens (primary N) is 1. The molecule has 3 N–H and O–H groups in total. The van der Waals surface area contributed by atoms with E-state index in [2.05, 4.69) is 0 Å². The monoisotopic (exact) mass is 154 g/mol. The molecule has 0 rings (SSSR count). The van der Waals surface area contributed by atoms with Gasteiger partial charge >= 0.3 is 5.97 Å². The summed E-state index contributed by atoms with van der Waals surface area (Å²) in [6.07, 6.45) is -2.65. The molecule has 0 aromatic rings. The lowest BCUT2D eigenvalue weighted by Gasteiger charge is -2.00. The van der Waals surface area contributed by atoms with E-state index in [0.29, 0.717) is 0 Å². The van der Waals surface area contributed by atoms with E-state index in [0.717, 1.165) is 0 Å². The van der Waals surface area contributed by atoms with Crippen LogP contribution in [-0.2, 0) is 15.6 Å². The van der Waals surface area contributed by atoms with E-state index in [1.807, 2.05) is 0 Å². The van der Waals surface area contributed by atoms with Gasteiger partial charge in [0.1, 0.15) is 6.04 Å². The summed E-state index contributed by atoms with van der Waals surface area (Å²) in [6.45, 7) is 0. The molecule has 0 aliphatic rings. The second kappa shape index (κ2) is 3.58. The van der Waals surface area contributed by atoms with Gasteiger partial charge in [-0.15, -0.1) is 0 Å². The van der Waals surface area contributed by atoms with Crippen LogP contribution in [-0.4, -0.2) is 33.3 Å². The van der Waals surface area contributed by atoms with Crippen LogP contribution in [0.4, 0.5) is 0 Å². The molecule has 1 unspecified atom stereocenters. The average Bonchev–Trinajstić information content (AvgIpc) is 1.85. The van der Waals surface area contributed by atoms with Crippen molar-refractivity contribution in [2.24, 2.45) is 5.73 Å². The van der Waals surface area contributed by atoms with Crippen molar-refractivity contribution in [1.82, 2.24) is 0 Å². The Hall–Kier alpha value is -0.420. The molecule has 2 atom stereocenters. The van der Waals surface area contributed by atoms with E-state index in [1.54, 1.807) is 0 Å². The maximum absolute atomic E-state index is 10.8. The number of hydrogen-bond acceptors (Lipinski definition) is 3. The molecule has 5 heteroatoms. The quantitative estimate of drug-likeness (QED) is 0.533. The highest BCUT2D eigenvalue weighted by molar-refractivity contribution is 7.84. The molecule has 0 aliphatic carbocycles. The molecular weight excluding hydrogens is 142 g/mol. The van der Waals surface area contributed by atoms with Crippen molar-refractivity contribution in [3.05, 3.63) is 0 Å². The van der Waals surface area contributed by atoms with E-state index in [9.17, 15) is 9.00 Å². The van der Waals surface area contributed by atoms with Crippen molar-refractivity contribution in [2.45, 2.75) is 6.04 Å². The van der Waals surface area contributed by atoms with Gasteiger partial charge in [0, 0.05) is 26.8 Å². The van der Waals surface area contributed by atoms with Crippen molar-refractivity contribution in [1.29, 1.82) is 0 Å². The van der Waals surface area contributed by atoms with Gasteiger partial charge in [0.25, 0.3) is 0 Å². The molecule has 0 aromatic heterocycles. The highest BCUT2D eigenvalue weighted by Gasteiger charge is 2.11. The number of carboxylic acid groups (broad SMARTS) is 1. The van der Waals surface area contributed by atoms with Gasteiger partial charge in [-0.05, 0) is 0 Å². The third-order valence-corrected chi connectivity index (χ3v) is 1.31. The summed E-state index contributed by atoms with van der Waals surface area (Å²) >= 11 is 0. The van der Waals surface area contributed by atoms with Gasteiger partial charge in [-0.2, -0.15) is 0 Å². The molecule has 0 aliphatic heterocycles. The van der Waals surface area contributed by atoms with E-state index < -0.39 is 34.7 Å². The third-order valence-electron chi connectivity index (χ3n) is 0.648. The summed E-state index contributed by atoms with van der Waals surface area (Å²) in [5, 5.41) is 8.25. The van der Waals surface area contributed by atoms with Gasteiger partial charge < -0.3 is 10.8 Å². The summed E-state index contributed by atoms with van der Waals surface area (Å²) in [5.74, 6) is -1.90. The zero-order valence-electron chi connectivity index (χ0n) is 7.53. The van der Waals surface area contributed by atoms with Gasteiger partial charge in [-0.3, -0.25) is 9.00 Å². The minimum Gasteiger partial charge on any atom is -0.480 e. The summed E-state index contributed by atoms with van der Waals surface area (Å²) in [5.41, 5.74) is 4.97. The lowest BCUT2D eigenvalue weighted by Crippen LogP contribution is -2.35. The molecule has 0 radical (unpaired) electrons. The molecule has 9 heavy (non-hydrogen) atoms. The Kier molecular flexibility index (Phi) is 1.75. The van der Waals surface area contributed by atoms with Gasteiger partial charge in [-0.1, -0.05) is 0 Å². The fourth-order valence-corrected chi connectivity index (χ4v) is 0.703. The lowest BCUT2D eigenvalue weighted by atomic mass is 10.4. The van der Waals surface area contributed by atoms with Crippen molar-refractivity contribution in [2.75, 3.05) is 11.9 Å². The standard InChI is InChI=1S/C4H9NO3S/c1-9(8)2-3(5)4(6)7/h3H,2,5H2,1H3,(H,6,7)/t3-,9?/m0/s1/i1D3. The lowest BCUT2D eigenvalue weighted by molar-refractivity contribution is -0.137. The molecule has 0 spiro atoms. The van der Waals surface area contributed by atoms with Crippen LogP contribution in [0.15, 0.2) is 0 Å². The van der Waals surface area contributed by atoms with Crippen molar-refractivity contribution < 1.29 is 18.2 Å². The molecule has 0 amide bonds. The fourth-order valence-electron chi connectivity index (χ4n) is 0.234. The highest BCUT2D eigenvalue weighted by atomic mass is 32.2. The molecule has 0 aromatic carbocycles. The van der Waals surface area contributed by atoms with Crippen LogP contribution in [0.1, 0.15) is 4.11 Å². The Bertz CT molecular complexity index is 204. The molecule has 0 fully saturated rings. The Balaban J connectivity index is 4.11. The van der Waals surface area contributed by atoms with E-state index in [4.69, 9.17) is 15.0 Å². The molecule has 0 bridgehead atoms. The topological polar surface area (TPSA) is 80.4 Å². The number of rotatable bonds is 3. The second-order valence-electron chi connectivity index (χ2n) is 1.46. The zero-order valence-corrected chi connectivity index (χ0v) is 5.35. The Morgan fingerprint density at radius 3 is 3.00 bits per heavy atom. The van der Waals surface area contributed by atoms with Crippen LogP contribution >= 0.6 is 0 Å². The van der Waals surface area contributed by atoms with Crippen LogP contribution < -0.4 is 5.73 Å². The van der Waals surface area contributed by atoms with Gasteiger partial charge in [0.15, 0.2) is 0 Å². The maximum Gasteiger partial charge on any atom is 0.321 e. The first-order valence-electron chi connectivity index (χ1n) is 3.62. The summed E-state index contributed by atoms with van der Waals surface area (Å²) in [4.78, 5) is 10.1. The van der Waals surface area contributed by atoms with E-state index in [-0.39, 0.29) is 0 Å². The number of hydrogen-bond donors (Lipinski definition) is 2. The second-order valence-corrected chi connectivity index (χ2v) is 2.48. The number of carboxylic acids is 1. The van der Waals surface area contributed by atoms with E-state index in [1.165, 1.54) is 0 Å². The van der Waals surface area contributed by atoms with Crippen molar-refractivity contribution >= 4 is 16.8 Å². The summed E-state index contributed by atoms with van der Waals surface area (Å²) in [6, 6.07) is -1.38. The van der Waals surface area contributed by atoms with Crippen LogP contribution in [0.3, 0.4) is 0 Å². The van der Waals surface area contributed by atoms with Crippen molar-refractivity contribution in [3.63, 3.8) is 0 Å². The number of aliphatic carboxylic acids is 1. The minimum atomic E-state index is -2.65. The smallest absolute Gasteiger partial charge is 0.321 e. The first kappa shape index (κ1) is 4.40. The molecule has 0 heterocycles. The van der Waals surface area contributed by atoms with Crippen LogP contribution in [0.2, 0.25) is 0 Å². The summed E-state index contributed by atoms with van der Waals surface area (Å²) in [7, 11) is -2.19. The minimum absolute atomic E-state index is 0.550. The third kappa shape index (κ3) is 4.11. The first-order valence-corrected chi connectivity index (χ1v) is 3.44. The number of carbonyl (C=O) groups is 1. The first-order chi connectivity index (χ1) is 5.25. The highest BCUT2D eigenvalue weighted by Crippen LogP contribution is 1.81. The fraction of sp³-hybridized carbons (Fsp3) is 0.750. The molecule has 0 saturated carbocycles. The van der Waals surface area contributed by atoms with Crippen LogP contribution in [0.25, 0.3) is 0 Å². The predicted molar refractivity (Wildman–Crippen MR) is 34.5 cm³/mol. The zero-order chi connectivity index (χ0) is 9.94. The van der Waals surface area contributed by atoms with Crippen molar-refractivity contribution in [3.8, 4) is 0 Å². The largest absolute Gasteiger partial charge is 0.480 e. The Morgan fingerprint density at radius 2 is 2.67 bits per heavy atom. The van der Waals surface area contributed by atoms with Gasteiger partial charge in [-0.25, -0.2) is 0 Å². The molecular formula is C4H9NO3S. The maximum atomic E-state index is 10.8. The normalized spacial score (nSPS) is 23.0. The predicted octanol–water partition coefficient (Wildman–Crippen LogP) is -1.22. The molecule has 54 valence electrons. The van der Waals surface area contributed by atoms with Gasteiger partial charge in [0.05, 0.1) is 0 Å². The summed E-state index contributed by atoms with van der Waals surface area (Å²) < 4.78 is 30.8. The molecule has 4 nitrogen and oxygen atoms in total.